The maximum atomic E-state index is 12.8. The van der Waals surface area contributed by atoms with Crippen LogP contribution in [0.25, 0.3) is 0 Å². The maximum Gasteiger partial charge on any atom is 0.338 e. The third-order valence-electron chi connectivity index (χ3n) is 5.15. The van der Waals surface area contributed by atoms with Gasteiger partial charge in [0.2, 0.25) is 0 Å². The quantitative estimate of drug-likeness (QED) is 0.456. The highest BCUT2D eigenvalue weighted by molar-refractivity contribution is 5.99. The number of rotatable bonds is 8. The van der Waals surface area contributed by atoms with E-state index in [-0.39, 0.29) is 35.7 Å². The van der Waals surface area contributed by atoms with Crippen molar-refractivity contribution in [1.82, 2.24) is 9.55 Å². The second-order valence-corrected chi connectivity index (χ2v) is 7.35. The Morgan fingerprint density at radius 3 is 2.14 bits per heavy atom. The number of nitrogens with zero attached hydrogens (tertiary/aromatic N) is 2. The fourth-order valence-corrected chi connectivity index (χ4v) is 3.37. The number of aromatic nitrogens is 2. The van der Waals surface area contributed by atoms with Crippen molar-refractivity contribution < 1.29 is 23.9 Å². The molecule has 0 saturated carbocycles. The molecule has 11 nitrogen and oxygen atoms in total. The van der Waals surface area contributed by atoms with Crippen molar-refractivity contribution in [1.29, 1.82) is 0 Å². The Morgan fingerprint density at radius 1 is 0.971 bits per heavy atom. The van der Waals surface area contributed by atoms with E-state index < -0.39 is 35.7 Å². The second kappa shape index (κ2) is 11.0. The average molecular weight is 480 g/mol. The third kappa shape index (κ3) is 5.64. The Labute approximate surface area is 199 Å². The SMILES string of the molecule is CCN(C(=O)COC(=O)c1ccc(C(=O)OC)cc1)c1c(N)n(Cc2ccccc2)c(=O)[nH]c1=O. The number of carbonyl (C=O) groups is 3. The number of anilines is 2. The van der Waals surface area contributed by atoms with Crippen LogP contribution >= 0.6 is 0 Å². The van der Waals surface area contributed by atoms with Crippen LogP contribution in [0.5, 0.6) is 0 Å². The molecule has 0 spiro atoms. The van der Waals surface area contributed by atoms with Crippen LogP contribution in [-0.2, 0) is 20.8 Å². The van der Waals surface area contributed by atoms with Crippen molar-refractivity contribution in [2.45, 2.75) is 13.5 Å². The number of esters is 2. The summed E-state index contributed by atoms with van der Waals surface area (Å²) in [4.78, 5) is 64.8. The summed E-state index contributed by atoms with van der Waals surface area (Å²) in [5.41, 5.74) is 5.50. The minimum absolute atomic E-state index is 0.0288. The number of carbonyl (C=O) groups excluding carboxylic acids is 3. The number of nitrogens with two attached hydrogens (primary N) is 1. The standard InChI is InChI=1S/C24H24N4O7/c1-3-27(18(29)14-35-23(32)17-11-9-16(10-12-17)22(31)34-2)19-20(25)28(24(33)26-21(19)30)13-15-7-5-4-6-8-15/h4-12H,3,13-14,25H2,1-2H3,(H,26,30,33). The van der Waals surface area contributed by atoms with Gasteiger partial charge in [0.15, 0.2) is 12.3 Å². The van der Waals surface area contributed by atoms with E-state index in [1.807, 2.05) is 6.07 Å². The molecular weight excluding hydrogens is 456 g/mol. The number of hydrogen-bond donors (Lipinski definition) is 2. The van der Waals surface area contributed by atoms with Gasteiger partial charge in [-0.05, 0) is 36.8 Å². The van der Waals surface area contributed by atoms with Gasteiger partial charge in [0.25, 0.3) is 11.5 Å². The van der Waals surface area contributed by atoms with Gasteiger partial charge in [0.1, 0.15) is 5.82 Å². The fourth-order valence-electron chi connectivity index (χ4n) is 3.37. The number of nitrogen functional groups attached to an aromatic ring is 1. The lowest BCUT2D eigenvalue weighted by atomic mass is 10.1. The van der Waals surface area contributed by atoms with Gasteiger partial charge in [-0.2, -0.15) is 0 Å². The molecule has 3 N–H and O–H groups in total. The smallest absolute Gasteiger partial charge is 0.338 e. The zero-order valence-electron chi connectivity index (χ0n) is 19.1. The second-order valence-electron chi connectivity index (χ2n) is 7.35. The maximum absolute atomic E-state index is 12.8. The van der Waals surface area contributed by atoms with Gasteiger partial charge in [-0.3, -0.25) is 19.1 Å². The Balaban J connectivity index is 1.79. The highest BCUT2D eigenvalue weighted by Crippen LogP contribution is 2.18. The molecule has 0 bridgehead atoms. The molecule has 1 aromatic heterocycles. The molecule has 182 valence electrons. The Morgan fingerprint density at radius 2 is 1.57 bits per heavy atom. The third-order valence-corrected chi connectivity index (χ3v) is 5.15. The summed E-state index contributed by atoms with van der Waals surface area (Å²) in [5, 5.41) is 0. The lowest BCUT2D eigenvalue weighted by Crippen LogP contribution is -2.42. The van der Waals surface area contributed by atoms with E-state index >= 15 is 0 Å². The Kier molecular flexibility index (Phi) is 7.82. The number of aromatic amines is 1. The number of hydrogen-bond acceptors (Lipinski definition) is 8. The first-order chi connectivity index (χ1) is 16.8. The van der Waals surface area contributed by atoms with E-state index in [4.69, 9.17) is 10.5 Å². The fraction of sp³-hybridized carbons (Fsp3) is 0.208. The van der Waals surface area contributed by atoms with E-state index in [0.717, 1.165) is 15.0 Å². The minimum atomic E-state index is -0.836. The van der Waals surface area contributed by atoms with E-state index in [2.05, 4.69) is 9.72 Å². The zero-order valence-corrected chi connectivity index (χ0v) is 19.1. The first-order valence-corrected chi connectivity index (χ1v) is 10.6. The van der Waals surface area contributed by atoms with E-state index in [1.54, 1.807) is 31.2 Å². The predicted octanol–water partition coefficient (Wildman–Crippen LogP) is 1.16. The molecule has 1 amide bonds. The molecule has 3 aromatic rings. The molecule has 0 atom stereocenters. The lowest BCUT2D eigenvalue weighted by Gasteiger charge is -2.23. The number of benzene rings is 2. The summed E-state index contributed by atoms with van der Waals surface area (Å²) in [6.45, 7) is 1.04. The van der Waals surface area contributed by atoms with Gasteiger partial charge in [0, 0.05) is 6.54 Å². The largest absolute Gasteiger partial charge is 0.465 e. The van der Waals surface area contributed by atoms with Crippen molar-refractivity contribution in [2.75, 3.05) is 30.9 Å². The number of methoxy groups -OCH3 is 1. The van der Waals surface area contributed by atoms with Crippen LogP contribution in [-0.4, -0.2) is 47.7 Å². The number of amides is 1. The molecule has 3 rings (SSSR count). The normalized spacial score (nSPS) is 10.5. The summed E-state index contributed by atoms with van der Waals surface area (Å²) >= 11 is 0. The average Bonchev–Trinajstić information content (AvgIpc) is 2.87. The predicted molar refractivity (Wildman–Crippen MR) is 127 cm³/mol. The monoisotopic (exact) mass is 480 g/mol. The molecule has 2 aromatic carbocycles. The van der Waals surface area contributed by atoms with E-state index in [9.17, 15) is 24.0 Å². The summed E-state index contributed by atoms with van der Waals surface area (Å²) in [6, 6.07) is 14.5. The van der Waals surface area contributed by atoms with E-state index in [0.29, 0.717) is 0 Å². The number of H-pyrrole nitrogens is 1. The first kappa shape index (κ1) is 25.0. The zero-order chi connectivity index (χ0) is 25.5. The first-order valence-electron chi connectivity index (χ1n) is 10.6. The lowest BCUT2D eigenvalue weighted by molar-refractivity contribution is -0.121. The molecule has 11 heteroatoms. The minimum Gasteiger partial charge on any atom is -0.465 e. The molecule has 0 aliphatic rings. The van der Waals surface area contributed by atoms with E-state index in [1.165, 1.54) is 31.4 Å². The van der Waals surface area contributed by atoms with Crippen molar-refractivity contribution >= 4 is 29.4 Å². The summed E-state index contributed by atoms with van der Waals surface area (Å²) < 4.78 is 10.8. The molecule has 0 aliphatic carbocycles. The van der Waals surface area contributed by atoms with Gasteiger partial charge < -0.3 is 20.1 Å². The van der Waals surface area contributed by atoms with Crippen molar-refractivity contribution in [3.63, 3.8) is 0 Å². The van der Waals surface area contributed by atoms with Crippen LogP contribution in [0.15, 0.2) is 64.2 Å². The molecule has 0 aliphatic heterocycles. The van der Waals surface area contributed by atoms with Crippen molar-refractivity contribution in [3.8, 4) is 0 Å². The Bertz CT molecular complexity index is 1350. The van der Waals surface area contributed by atoms with Crippen LogP contribution in [0, 0.1) is 0 Å². The van der Waals surface area contributed by atoms with Crippen LogP contribution in [0.4, 0.5) is 11.5 Å². The number of likely N-dealkylation sites (N-methyl/N-ethyl adjacent to an activating group) is 1. The topological polar surface area (TPSA) is 154 Å². The number of ether oxygens (including phenoxy) is 2. The van der Waals surface area contributed by atoms with Crippen LogP contribution in [0.2, 0.25) is 0 Å². The van der Waals surface area contributed by atoms with Gasteiger partial charge >= 0.3 is 17.6 Å². The Hall–Kier alpha value is -4.67. The summed E-state index contributed by atoms with van der Waals surface area (Å²) in [6.07, 6.45) is 0. The molecule has 0 radical (unpaired) electrons. The highest BCUT2D eigenvalue weighted by Gasteiger charge is 2.24. The van der Waals surface area contributed by atoms with Gasteiger partial charge in [-0.1, -0.05) is 30.3 Å². The van der Waals surface area contributed by atoms with Crippen LogP contribution in [0.3, 0.4) is 0 Å². The highest BCUT2D eigenvalue weighted by atomic mass is 16.5. The van der Waals surface area contributed by atoms with Gasteiger partial charge in [0.05, 0.1) is 24.8 Å². The molecule has 0 saturated heterocycles. The molecule has 35 heavy (non-hydrogen) atoms. The van der Waals surface area contributed by atoms with Crippen LogP contribution in [0.1, 0.15) is 33.2 Å². The summed E-state index contributed by atoms with van der Waals surface area (Å²) in [5.74, 6) is -2.27. The molecule has 0 unspecified atom stereocenters. The summed E-state index contributed by atoms with van der Waals surface area (Å²) in [7, 11) is 1.24. The van der Waals surface area contributed by atoms with Gasteiger partial charge in [-0.15, -0.1) is 0 Å². The van der Waals surface area contributed by atoms with Gasteiger partial charge in [-0.25, -0.2) is 14.4 Å². The molecular formula is C24H24N4O7. The van der Waals surface area contributed by atoms with Crippen molar-refractivity contribution in [2.24, 2.45) is 0 Å². The number of nitrogens with one attached hydrogen (secondary N) is 1. The molecule has 1 heterocycles. The molecule has 0 fully saturated rings. The van der Waals surface area contributed by atoms with Crippen molar-refractivity contribution in [3.05, 3.63) is 92.1 Å². The van der Waals surface area contributed by atoms with Crippen LogP contribution < -0.4 is 21.9 Å².